The lowest BCUT2D eigenvalue weighted by Gasteiger charge is -2.17. The third-order valence-corrected chi connectivity index (χ3v) is 3.25. The second-order valence-corrected chi connectivity index (χ2v) is 4.75. The van der Waals surface area contributed by atoms with E-state index in [0.29, 0.717) is 12.2 Å². The smallest absolute Gasteiger partial charge is 0.133 e. The first-order valence-electron chi connectivity index (χ1n) is 6.64. The van der Waals surface area contributed by atoms with Crippen molar-refractivity contribution in [2.45, 2.75) is 32.5 Å². The maximum absolute atomic E-state index is 9.84. The Morgan fingerprint density at radius 2 is 1.84 bits per heavy atom. The van der Waals surface area contributed by atoms with Crippen LogP contribution >= 0.6 is 0 Å². The van der Waals surface area contributed by atoms with Gasteiger partial charge in [0.1, 0.15) is 12.4 Å². The average Bonchev–Trinajstić information content (AvgIpc) is 2.43. The number of rotatable bonds is 5. The third kappa shape index (κ3) is 3.06. The molecule has 2 N–H and O–H groups in total. The fourth-order valence-corrected chi connectivity index (χ4v) is 2.05. The minimum absolute atomic E-state index is 0.240. The number of hydrogen-bond donors (Lipinski definition) is 2. The molecular formula is C16H20O3. The van der Waals surface area contributed by atoms with Crippen LogP contribution in [0.5, 0.6) is 5.75 Å². The van der Waals surface area contributed by atoms with Crippen molar-refractivity contribution in [1.82, 2.24) is 0 Å². The molecule has 2 rings (SSSR count). The Hall–Kier alpha value is -1.58. The molecule has 0 fully saturated rings. The van der Waals surface area contributed by atoms with Gasteiger partial charge < -0.3 is 14.9 Å². The summed E-state index contributed by atoms with van der Waals surface area (Å²) in [7, 11) is 0. The quantitative estimate of drug-likeness (QED) is 0.868. The highest BCUT2D eigenvalue weighted by molar-refractivity contribution is 5.89. The summed E-state index contributed by atoms with van der Waals surface area (Å²) >= 11 is 0. The van der Waals surface area contributed by atoms with E-state index in [1.165, 1.54) is 0 Å². The van der Waals surface area contributed by atoms with E-state index in [1.54, 1.807) is 6.92 Å². The van der Waals surface area contributed by atoms with Gasteiger partial charge in [-0.3, -0.25) is 0 Å². The number of benzene rings is 2. The Morgan fingerprint density at radius 3 is 2.53 bits per heavy atom. The first-order valence-corrected chi connectivity index (χ1v) is 6.64. The van der Waals surface area contributed by atoms with Crippen molar-refractivity contribution in [2.75, 3.05) is 6.61 Å². The molecule has 0 saturated heterocycles. The first kappa shape index (κ1) is 13.8. The Labute approximate surface area is 113 Å². The van der Waals surface area contributed by atoms with Crippen LogP contribution in [-0.4, -0.2) is 22.9 Å². The van der Waals surface area contributed by atoms with Gasteiger partial charge in [-0.2, -0.15) is 0 Å². The minimum atomic E-state index is -0.599. The van der Waals surface area contributed by atoms with Crippen LogP contribution in [0, 0.1) is 0 Å². The summed E-state index contributed by atoms with van der Waals surface area (Å²) < 4.78 is 5.75. The van der Waals surface area contributed by atoms with Gasteiger partial charge in [0.25, 0.3) is 0 Å². The number of aliphatic hydroxyl groups excluding tert-OH is 2. The Kier molecular flexibility index (Phi) is 4.40. The molecule has 0 aromatic heterocycles. The number of aliphatic hydroxyl groups is 2. The standard InChI is InChI=1S/C16H20O3/c1-3-13(18)10-19-16-14(11(2)17)9-8-12-6-4-5-7-15(12)16/h4-9,11,13,17-18H,3,10H2,1-2H3. The largest absolute Gasteiger partial charge is 0.490 e. The van der Waals surface area contributed by atoms with Gasteiger partial charge in [0.05, 0.1) is 12.2 Å². The van der Waals surface area contributed by atoms with E-state index in [1.807, 2.05) is 43.3 Å². The van der Waals surface area contributed by atoms with E-state index in [4.69, 9.17) is 4.74 Å². The molecule has 3 heteroatoms. The predicted molar refractivity (Wildman–Crippen MR) is 76.4 cm³/mol. The zero-order valence-corrected chi connectivity index (χ0v) is 11.3. The summed E-state index contributed by atoms with van der Waals surface area (Å²) in [6.07, 6.45) is -0.436. The molecular weight excluding hydrogens is 240 g/mol. The van der Waals surface area contributed by atoms with Crippen LogP contribution in [-0.2, 0) is 0 Å². The molecule has 0 bridgehead atoms. The number of ether oxygens (including phenoxy) is 1. The summed E-state index contributed by atoms with van der Waals surface area (Å²) in [4.78, 5) is 0. The van der Waals surface area contributed by atoms with Crippen LogP contribution in [0.15, 0.2) is 36.4 Å². The molecule has 102 valence electrons. The lowest BCUT2D eigenvalue weighted by Crippen LogP contribution is -2.17. The molecule has 0 aliphatic carbocycles. The minimum Gasteiger partial charge on any atom is -0.490 e. The summed E-state index contributed by atoms with van der Waals surface area (Å²) in [5.74, 6) is 0.667. The van der Waals surface area contributed by atoms with Gasteiger partial charge in [0.15, 0.2) is 0 Å². The van der Waals surface area contributed by atoms with Gasteiger partial charge in [0.2, 0.25) is 0 Å². The van der Waals surface area contributed by atoms with Crippen molar-refractivity contribution >= 4 is 10.8 Å². The summed E-state index contributed by atoms with van der Waals surface area (Å²) in [5, 5.41) is 21.5. The van der Waals surface area contributed by atoms with Crippen LogP contribution in [0.2, 0.25) is 0 Å². The lowest BCUT2D eigenvalue weighted by molar-refractivity contribution is 0.102. The van der Waals surface area contributed by atoms with Gasteiger partial charge in [-0.1, -0.05) is 43.3 Å². The first-order chi connectivity index (χ1) is 9.13. The van der Waals surface area contributed by atoms with Gasteiger partial charge >= 0.3 is 0 Å². The summed E-state index contributed by atoms with van der Waals surface area (Å²) in [6.45, 7) is 3.87. The van der Waals surface area contributed by atoms with Crippen molar-refractivity contribution in [1.29, 1.82) is 0 Å². The molecule has 19 heavy (non-hydrogen) atoms. The van der Waals surface area contributed by atoms with Gasteiger partial charge in [-0.15, -0.1) is 0 Å². The Balaban J connectivity index is 2.43. The fourth-order valence-electron chi connectivity index (χ4n) is 2.05. The van der Waals surface area contributed by atoms with E-state index in [9.17, 15) is 10.2 Å². The zero-order chi connectivity index (χ0) is 13.8. The van der Waals surface area contributed by atoms with E-state index < -0.39 is 12.2 Å². The maximum Gasteiger partial charge on any atom is 0.133 e. The Bertz CT molecular complexity index is 549. The molecule has 2 aromatic carbocycles. The van der Waals surface area contributed by atoms with Gasteiger partial charge in [-0.25, -0.2) is 0 Å². The van der Waals surface area contributed by atoms with Crippen molar-refractivity contribution in [2.24, 2.45) is 0 Å². The van der Waals surface area contributed by atoms with Gasteiger partial charge in [-0.05, 0) is 18.7 Å². The van der Waals surface area contributed by atoms with Crippen LogP contribution in [0.3, 0.4) is 0 Å². The molecule has 0 radical (unpaired) electrons. The third-order valence-electron chi connectivity index (χ3n) is 3.25. The molecule has 0 heterocycles. The Morgan fingerprint density at radius 1 is 1.11 bits per heavy atom. The normalized spacial score (nSPS) is 14.3. The van der Waals surface area contributed by atoms with E-state index in [0.717, 1.165) is 16.3 Å². The molecule has 0 spiro atoms. The molecule has 0 aliphatic rings. The number of fused-ring (bicyclic) bond motifs is 1. The van der Waals surface area contributed by atoms with E-state index in [2.05, 4.69) is 0 Å². The molecule has 2 unspecified atom stereocenters. The molecule has 3 nitrogen and oxygen atoms in total. The van der Waals surface area contributed by atoms with Crippen LogP contribution in [0.4, 0.5) is 0 Å². The highest BCUT2D eigenvalue weighted by Crippen LogP contribution is 2.33. The summed E-state index contributed by atoms with van der Waals surface area (Å²) in [6, 6.07) is 11.7. The second-order valence-electron chi connectivity index (χ2n) is 4.75. The molecule has 0 aliphatic heterocycles. The van der Waals surface area contributed by atoms with Gasteiger partial charge in [0, 0.05) is 10.9 Å². The SMILES string of the molecule is CCC(O)COc1c(C(C)O)ccc2ccccc12. The molecule has 0 saturated carbocycles. The second kappa shape index (κ2) is 6.04. The van der Waals surface area contributed by atoms with Crippen molar-refractivity contribution < 1.29 is 14.9 Å². The van der Waals surface area contributed by atoms with Crippen molar-refractivity contribution in [3.63, 3.8) is 0 Å². The lowest BCUT2D eigenvalue weighted by atomic mass is 10.0. The average molecular weight is 260 g/mol. The highest BCUT2D eigenvalue weighted by atomic mass is 16.5. The van der Waals surface area contributed by atoms with E-state index >= 15 is 0 Å². The fraction of sp³-hybridized carbons (Fsp3) is 0.375. The molecule has 0 amide bonds. The zero-order valence-electron chi connectivity index (χ0n) is 11.3. The topological polar surface area (TPSA) is 49.7 Å². The monoisotopic (exact) mass is 260 g/mol. The molecule has 2 aromatic rings. The van der Waals surface area contributed by atoms with E-state index in [-0.39, 0.29) is 6.61 Å². The van der Waals surface area contributed by atoms with Crippen LogP contribution in [0.1, 0.15) is 31.9 Å². The maximum atomic E-state index is 9.84. The van der Waals surface area contributed by atoms with Crippen LogP contribution in [0.25, 0.3) is 10.8 Å². The summed E-state index contributed by atoms with van der Waals surface area (Å²) in [5.41, 5.74) is 0.752. The molecule has 2 atom stereocenters. The van der Waals surface area contributed by atoms with Crippen molar-refractivity contribution in [3.8, 4) is 5.75 Å². The predicted octanol–water partition coefficient (Wildman–Crippen LogP) is 3.04. The highest BCUT2D eigenvalue weighted by Gasteiger charge is 2.14. The number of hydrogen-bond acceptors (Lipinski definition) is 3. The van der Waals surface area contributed by atoms with Crippen molar-refractivity contribution in [3.05, 3.63) is 42.0 Å². The van der Waals surface area contributed by atoms with Crippen LogP contribution < -0.4 is 4.74 Å².